The molecule has 1 aromatic carbocycles. The first-order chi connectivity index (χ1) is 14.2. The summed E-state index contributed by atoms with van der Waals surface area (Å²) < 4.78 is 0. The average Bonchev–Trinajstić information content (AvgIpc) is 3.28. The van der Waals surface area contributed by atoms with E-state index in [0.29, 0.717) is 31.8 Å². The zero-order valence-electron chi connectivity index (χ0n) is 17.1. The van der Waals surface area contributed by atoms with E-state index in [1.807, 2.05) is 54.7 Å². The molecule has 154 valence electrons. The highest BCUT2D eigenvalue weighted by molar-refractivity contribution is 5.82. The number of benzene rings is 1. The number of rotatable bonds is 11. The van der Waals surface area contributed by atoms with E-state index in [4.69, 9.17) is 0 Å². The molecule has 2 N–H and O–H groups in total. The van der Waals surface area contributed by atoms with Gasteiger partial charge in [0.2, 0.25) is 5.91 Å². The topological polar surface area (TPSA) is 74.3 Å². The molecule has 1 aliphatic rings. The van der Waals surface area contributed by atoms with Crippen molar-refractivity contribution in [1.29, 1.82) is 0 Å². The number of nitrogens with zero attached hydrogens (tertiary/aromatic N) is 2. The Hall–Kier alpha value is -2.89. The molecule has 0 unspecified atom stereocenters. The Bertz CT molecular complexity index is 865. The van der Waals surface area contributed by atoms with Gasteiger partial charge in [-0.3, -0.25) is 14.6 Å². The second-order valence-electron chi connectivity index (χ2n) is 7.45. The molecule has 0 saturated carbocycles. The predicted octanol–water partition coefficient (Wildman–Crippen LogP) is 3.48. The predicted molar refractivity (Wildman–Crippen MR) is 115 cm³/mol. The van der Waals surface area contributed by atoms with Crippen molar-refractivity contribution in [3.8, 4) is 0 Å². The van der Waals surface area contributed by atoms with Gasteiger partial charge < -0.3 is 15.5 Å². The van der Waals surface area contributed by atoms with Gasteiger partial charge in [0.25, 0.3) is 0 Å². The molecule has 0 spiro atoms. The molecule has 1 aliphatic heterocycles. The molecule has 0 aliphatic carbocycles. The molecule has 1 amide bonds. The second-order valence-corrected chi connectivity index (χ2v) is 7.45. The highest BCUT2D eigenvalue weighted by atomic mass is 16.2. The molecule has 2 heterocycles. The van der Waals surface area contributed by atoms with Crippen LogP contribution in [0.5, 0.6) is 0 Å². The number of unbranched alkanes of at least 4 members (excludes halogenated alkanes) is 2. The largest absolute Gasteiger partial charge is 0.373 e. The van der Waals surface area contributed by atoms with Crippen molar-refractivity contribution in [2.24, 2.45) is 0 Å². The fraction of sp³-hybridized carbons (Fsp3) is 0.435. The molecule has 3 rings (SSSR count). The minimum absolute atomic E-state index is 0.0242. The number of hydrogen-bond acceptors (Lipinski definition) is 5. The van der Waals surface area contributed by atoms with E-state index in [2.05, 4.69) is 21.7 Å². The van der Waals surface area contributed by atoms with Crippen molar-refractivity contribution < 1.29 is 9.59 Å². The zero-order valence-corrected chi connectivity index (χ0v) is 17.1. The highest BCUT2D eigenvalue weighted by Crippen LogP contribution is 2.15. The number of para-hydroxylation sites is 1. The molecular formula is C23H30N4O2. The number of aromatic nitrogens is 1. The number of carbonyl (C=O) groups is 2. The Labute approximate surface area is 172 Å². The van der Waals surface area contributed by atoms with E-state index < -0.39 is 0 Å². The maximum Gasteiger partial charge on any atom is 0.243 e. The molecule has 1 aromatic heterocycles. The van der Waals surface area contributed by atoms with Crippen molar-refractivity contribution in [1.82, 2.24) is 20.5 Å². The van der Waals surface area contributed by atoms with Gasteiger partial charge in [-0.1, -0.05) is 38.0 Å². The van der Waals surface area contributed by atoms with Crippen LogP contribution in [0.15, 0.2) is 48.9 Å². The van der Waals surface area contributed by atoms with Gasteiger partial charge in [-0.05, 0) is 30.5 Å². The maximum absolute atomic E-state index is 12.9. The van der Waals surface area contributed by atoms with Gasteiger partial charge >= 0.3 is 0 Å². The molecular weight excluding hydrogens is 364 g/mol. The van der Waals surface area contributed by atoms with Crippen LogP contribution in [0, 0.1) is 0 Å². The van der Waals surface area contributed by atoms with Gasteiger partial charge in [0.15, 0.2) is 0 Å². The third kappa shape index (κ3) is 6.04. The Morgan fingerprint density at radius 2 is 2.10 bits per heavy atom. The first-order valence-corrected chi connectivity index (χ1v) is 10.5. The summed E-state index contributed by atoms with van der Waals surface area (Å²) in [6.07, 6.45) is 10.4. The van der Waals surface area contributed by atoms with Crippen LogP contribution in [-0.4, -0.2) is 34.3 Å². The van der Waals surface area contributed by atoms with Gasteiger partial charge in [-0.15, -0.1) is 0 Å². The van der Waals surface area contributed by atoms with Crippen molar-refractivity contribution in [2.75, 3.05) is 6.67 Å². The van der Waals surface area contributed by atoms with Crippen LogP contribution in [0.1, 0.15) is 51.0 Å². The molecule has 2 aromatic rings. The molecule has 0 bridgehead atoms. The van der Waals surface area contributed by atoms with Crippen molar-refractivity contribution >= 4 is 22.6 Å². The minimum Gasteiger partial charge on any atom is -0.373 e. The first kappa shape index (κ1) is 20.8. The summed E-state index contributed by atoms with van der Waals surface area (Å²) in [5.41, 5.74) is 1.94. The van der Waals surface area contributed by atoms with Crippen LogP contribution >= 0.6 is 0 Å². The number of ketones is 1. The summed E-state index contributed by atoms with van der Waals surface area (Å²) in [6, 6.07) is 9.83. The summed E-state index contributed by atoms with van der Waals surface area (Å²) in [4.78, 5) is 30.8. The number of hydrogen-bond donors (Lipinski definition) is 2. The van der Waals surface area contributed by atoms with Gasteiger partial charge in [0.1, 0.15) is 11.8 Å². The standard InChI is InChI=1S/C23H30N4O2/c1-2-20(28)9-4-3-5-11-22(27-13-12-24-17-27)23(29)26-16-18-14-19-8-6-7-10-21(19)25-15-18/h6-8,10,12-15,22,24H,2-5,9,11,16-17H2,1H3,(H,26,29)/t22-/m0/s1. The third-order valence-corrected chi connectivity index (χ3v) is 5.30. The van der Waals surface area contributed by atoms with E-state index in [9.17, 15) is 9.59 Å². The molecule has 0 saturated heterocycles. The lowest BCUT2D eigenvalue weighted by Gasteiger charge is -2.26. The Morgan fingerprint density at radius 1 is 1.24 bits per heavy atom. The summed E-state index contributed by atoms with van der Waals surface area (Å²) >= 11 is 0. The highest BCUT2D eigenvalue weighted by Gasteiger charge is 2.24. The minimum atomic E-state index is -0.212. The van der Waals surface area contributed by atoms with E-state index in [1.165, 1.54) is 0 Å². The van der Waals surface area contributed by atoms with Crippen LogP contribution in [0.2, 0.25) is 0 Å². The van der Waals surface area contributed by atoms with Gasteiger partial charge in [-0.2, -0.15) is 0 Å². The molecule has 6 heteroatoms. The Morgan fingerprint density at radius 3 is 2.90 bits per heavy atom. The van der Waals surface area contributed by atoms with Crippen molar-refractivity contribution in [3.05, 3.63) is 54.5 Å². The lowest BCUT2D eigenvalue weighted by Crippen LogP contribution is -2.44. The molecule has 6 nitrogen and oxygen atoms in total. The number of pyridine rings is 1. The van der Waals surface area contributed by atoms with Crippen LogP contribution in [0.4, 0.5) is 0 Å². The first-order valence-electron chi connectivity index (χ1n) is 10.5. The third-order valence-electron chi connectivity index (χ3n) is 5.30. The van der Waals surface area contributed by atoms with Gasteiger partial charge in [0.05, 0.1) is 12.2 Å². The van der Waals surface area contributed by atoms with Crippen molar-refractivity contribution in [2.45, 2.75) is 58.0 Å². The normalized spacial score (nSPS) is 14.0. The molecule has 0 radical (unpaired) electrons. The van der Waals surface area contributed by atoms with E-state index >= 15 is 0 Å². The zero-order chi connectivity index (χ0) is 20.5. The number of amides is 1. The van der Waals surface area contributed by atoms with Crippen LogP contribution in [0.25, 0.3) is 10.9 Å². The van der Waals surface area contributed by atoms with Crippen LogP contribution < -0.4 is 10.6 Å². The van der Waals surface area contributed by atoms with Gasteiger partial charge in [0, 0.05) is 43.4 Å². The van der Waals surface area contributed by atoms with Crippen LogP contribution in [-0.2, 0) is 16.1 Å². The van der Waals surface area contributed by atoms with E-state index in [0.717, 1.165) is 42.1 Å². The van der Waals surface area contributed by atoms with Gasteiger partial charge in [-0.25, -0.2) is 0 Å². The lowest BCUT2D eigenvalue weighted by atomic mass is 10.0. The second kappa shape index (κ2) is 10.6. The summed E-state index contributed by atoms with van der Waals surface area (Å²) in [5, 5.41) is 7.28. The fourth-order valence-corrected chi connectivity index (χ4v) is 3.55. The number of carbonyl (C=O) groups excluding carboxylic acids is 2. The smallest absolute Gasteiger partial charge is 0.243 e. The van der Waals surface area contributed by atoms with E-state index in [-0.39, 0.29) is 11.9 Å². The molecule has 1 atom stereocenters. The maximum atomic E-state index is 12.9. The molecule has 0 fully saturated rings. The Kier molecular flexibility index (Phi) is 7.61. The Balaban J connectivity index is 1.53. The fourth-order valence-electron chi connectivity index (χ4n) is 3.55. The summed E-state index contributed by atoms with van der Waals surface area (Å²) in [7, 11) is 0. The summed E-state index contributed by atoms with van der Waals surface area (Å²) in [5.74, 6) is 0.339. The summed E-state index contributed by atoms with van der Waals surface area (Å²) in [6.45, 7) is 3.01. The monoisotopic (exact) mass is 394 g/mol. The number of nitrogens with one attached hydrogen (secondary N) is 2. The quantitative estimate of drug-likeness (QED) is 0.571. The number of fused-ring (bicyclic) bond motifs is 1. The molecule has 29 heavy (non-hydrogen) atoms. The number of Topliss-reactive ketones (excluding diaryl/α,β-unsaturated/α-hetero) is 1. The van der Waals surface area contributed by atoms with Crippen LogP contribution in [0.3, 0.4) is 0 Å². The van der Waals surface area contributed by atoms with E-state index in [1.54, 1.807) is 0 Å². The SMILES string of the molecule is CCC(=O)CCCCC[C@@H](C(=O)NCc1cnc2ccccc2c1)N1C=CNC1. The average molecular weight is 395 g/mol. The lowest BCUT2D eigenvalue weighted by molar-refractivity contribution is -0.126. The van der Waals surface area contributed by atoms with Crippen molar-refractivity contribution in [3.63, 3.8) is 0 Å².